The average molecular weight is 431 g/mol. The number of aryl methyl sites for hydroxylation is 2. The Kier molecular flexibility index (Phi) is 7.50. The van der Waals surface area contributed by atoms with Crippen molar-refractivity contribution < 1.29 is 17.9 Å². The van der Waals surface area contributed by atoms with E-state index in [0.29, 0.717) is 24.5 Å². The molecule has 1 unspecified atom stereocenters. The van der Waals surface area contributed by atoms with Crippen LogP contribution in [-0.2, 0) is 21.2 Å². The number of nitrogens with one attached hydrogen (secondary N) is 2. The minimum atomic E-state index is -3.80. The van der Waals surface area contributed by atoms with Crippen LogP contribution in [0.4, 0.5) is 5.69 Å². The predicted octanol–water partition coefficient (Wildman–Crippen LogP) is 4.05. The second-order valence-corrected chi connectivity index (χ2v) is 9.45. The summed E-state index contributed by atoms with van der Waals surface area (Å²) < 4.78 is 33.8. The molecule has 162 valence electrons. The highest BCUT2D eigenvalue weighted by Gasteiger charge is 2.21. The normalized spacial score (nSPS) is 16.8. The fourth-order valence-corrected chi connectivity index (χ4v) is 4.55. The summed E-state index contributed by atoms with van der Waals surface area (Å²) in [4.78, 5) is 12.8. The van der Waals surface area contributed by atoms with Crippen molar-refractivity contribution in [3.8, 4) is 0 Å². The lowest BCUT2D eigenvalue weighted by Gasteiger charge is -2.23. The quantitative estimate of drug-likeness (QED) is 0.662. The zero-order chi connectivity index (χ0) is 21.6. The van der Waals surface area contributed by atoms with Gasteiger partial charge >= 0.3 is 0 Å². The van der Waals surface area contributed by atoms with E-state index in [9.17, 15) is 13.2 Å². The van der Waals surface area contributed by atoms with Crippen LogP contribution in [0, 0.1) is 6.92 Å². The molecule has 1 aliphatic rings. The first kappa shape index (κ1) is 22.3. The van der Waals surface area contributed by atoms with Crippen molar-refractivity contribution in [2.24, 2.45) is 0 Å². The molecule has 0 radical (unpaired) electrons. The Labute approximate surface area is 179 Å². The van der Waals surface area contributed by atoms with Crippen molar-refractivity contribution in [2.75, 3.05) is 17.9 Å². The summed E-state index contributed by atoms with van der Waals surface area (Å²) in [7, 11) is -3.80. The predicted molar refractivity (Wildman–Crippen MR) is 118 cm³/mol. The van der Waals surface area contributed by atoms with Crippen molar-refractivity contribution >= 4 is 21.6 Å². The highest BCUT2D eigenvalue weighted by Crippen LogP contribution is 2.21. The van der Waals surface area contributed by atoms with Crippen LogP contribution in [0.5, 0.6) is 0 Å². The molecule has 0 spiro atoms. The van der Waals surface area contributed by atoms with E-state index in [4.69, 9.17) is 4.74 Å². The molecule has 2 aromatic rings. The minimum absolute atomic E-state index is 0.0461. The summed E-state index contributed by atoms with van der Waals surface area (Å²) in [5.41, 5.74) is 2.77. The summed E-state index contributed by atoms with van der Waals surface area (Å²) in [6.45, 7) is 5.13. The largest absolute Gasteiger partial charge is 0.379 e. The third kappa shape index (κ3) is 5.83. The average Bonchev–Trinajstić information content (AvgIpc) is 2.74. The summed E-state index contributed by atoms with van der Waals surface area (Å²) in [6.07, 6.45) is 4.96. The van der Waals surface area contributed by atoms with Gasteiger partial charge in [0.2, 0.25) is 0 Å². The van der Waals surface area contributed by atoms with Crippen molar-refractivity contribution in [3.63, 3.8) is 0 Å². The molecule has 3 rings (SSSR count). The van der Waals surface area contributed by atoms with E-state index in [0.717, 1.165) is 37.7 Å². The fourth-order valence-electron chi connectivity index (χ4n) is 3.47. The number of carbonyl (C=O) groups is 1. The number of rotatable bonds is 8. The molecule has 1 heterocycles. The molecular formula is C23H30N2O4S. The van der Waals surface area contributed by atoms with Crippen LogP contribution in [0.25, 0.3) is 0 Å². The van der Waals surface area contributed by atoms with Gasteiger partial charge in [-0.3, -0.25) is 9.52 Å². The van der Waals surface area contributed by atoms with E-state index in [-0.39, 0.29) is 16.8 Å². The summed E-state index contributed by atoms with van der Waals surface area (Å²) >= 11 is 0. The Morgan fingerprint density at radius 3 is 2.60 bits per heavy atom. The molecule has 1 saturated heterocycles. The van der Waals surface area contributed by atoms with Crippen LogP contribution < -0.4 is 10.0 Å². The van der Waals surface area contributed by atoms with Gasteiger partial charge in [-0.05, 0) is 68.0 Å². The number of benzene rings is 2. The molecule has 0 aliphatic carbocycles. The smallest absolute Gasteiger partial charge is 0.261 e. The second-order valence-electron chi connectivity index (χ2n) is 7.77. The molecule has 6 nitrogen and oxygen atoms in total. The van der Waals surface area contributed by atoms with E-state index in [1.54, 1.807) is 25.1 Å². The Hall–Kier alpha value is -2.38. The highest BCUT2D eigenvalue weighted by atomic mass is 32.2. The maximum Gasteiger partial charge on any atom is 0.261 e. The molecular weight excluding hydrogens is 400 g/mol. The van der Waals surface area contributed by atoms with Gasteiger partial charge in [-0.25, -0.2) is 8.42 Å². The molecule has 0 saturated carbocycles. The van der Waals surface area contributed by atoms with E-state index >= 15 is 0 Å². The first-order valence-electron chi connectivity index (χ1n) is 10.5. The van der Waals surface area contributed by atoms with Gasteiger partial charge in [0.25, 0.3) is 15.9 Å². The monoisotopic (exact) mass is 430 g/mol. The van der Waals surface area contributed by atoms with Gasteiger partial charge in [0.1, 0.15) is 0 Å². The lowest BCUT2D eigenvalue weighted by atomic mass is 10.1. The molecule has 0 bridgehead atoms. The molecule has 7 heteroatoms. The van der Waals surface area contributed by atoms with Gasteiger partial charge < -0.3 is 10.1 Å². The van der Waals surface area contributed by atoms with E-state index < -0.39 is 10.0 Å². The van der Waals surface area contributed by atoms with Crippen LogP contribution in [0.2, 0.25) is 0 Å². The number of sulfonamides is 1. The molecule has 1 fully saturated rings. The Morgan fingerprint density at radius 2 is 1.93 bits per heavy atom. The number of anilines is 1. The second kappa shape index (κ2) is 10.1. The third-order valence-corrected chi connectivity index (χ3v) is 6.66. The lowest BCUT2D eigenvalue weighted by molar-refractivity contribution is 0.0624. The molecule has 1 amide bonds. The van der Waals surface area contributed by atoms with Crippen LogP contribution >= 0.6 is 0 Å². The fraction of sp³-hybridized carbons (Fsp3) is 0.435. The maximum atomic E-state index is 12.9. The van der Waals surface area contributed by atoms with Gasteiger partial charge in [0, 0.05) is 17.9 Å². The molecule has 0 aromatic heterocycles. The SMILES string of the molecule is CCCCc1ccc(NS(=O)(=O)c2ccc(C)c(C(=O)NC3CCCOC3)c2)cc1. The number of unbranched alkanes of at least 4 members (excludes halogenated alkanes) is 1. The summed E-state index contributed by atoms with van der Waals surface area (Å²) in [5, 5.41) is 2.95. The summed E-state index contributed by atoms with van der Waals surface area (Å²) in [6, 6.07) is 12.0. The first-order valence-corrected chi connectivity index (χ1v) is 12.0. The molecule has 1 atom stereocenters. The maximum absolute atomic E-state index is 12.9. The standard InChI is InChI=1S/C23H30N2O4S/c1-3-4-6-18-9-11-19(12-10-18)25-30(27,28)21-13-8-17(2)22(15-21)23(26)24-20-7-5-14-29-16-20/h8-13,15,20,25H,3-7,14,16H2,1-2H3,(H,24,26). The van der Waals surface area contributed by atoms with Gasteiger partial charge in [0.15, 0.2) is 0 Å². The van der Waals surface area contributed by atoms with E-state index in [1.165, 1.54) is 17.7 Å². The van der Waals surface area contributed by atoms with Gasteiger partial charge in [0.05, 0.1) is 17.5 Å². The van der Waals surface area contributed by atoms with Crippen molar-refractivity contribution in [1.82, 2.24) is 5.32 Å². The lowest BCUT2D eigenvalue weighted by Crippen LogP contribution is -2.40. The molecule has 1 aliphatic heterocycles. The number of amides is 1. The van der Waals surface area contributed by atoms with Crippen LogP contribution in [0.3, 0.4) is 0 Å². The van der Waals surface area contributed by atoms with Crippen LogP contribution in [0.15, 0.2) is 47.4 Å². The minimum Gasteiger partial charge on any atom is -0.379 e. The number of hydrogen-bond acceptors (Lipinski definition) is 4. The molecule has 30 heavy (non-hydrogen) atoms. The Bertz CT molecular complexity index is 965. The third-order valence-electron chi connectivity index (χ3n) is 5.28. The molecule has 2 aromatic carbocycles. The summed E-state index contributed by atoms with van der Waals surface area (Å²) in [5.74, 6) is -0.277. The van der Waals surface area contributed by atoms with E-state index in [1.807, 2.05) is 12.1 Å². The number of hydrogen-bond donors (Lipinski definition) is 2. The Morgan fingerprint density at radius 1 is 1.17 bits per heavy atom. The number of carbonyl (C=O) groups excluding carboxylic acids is 1. The van der Waals surface area contributed by atoms with Crippen molar-refractivity contribution in [3.05, 3.63) is 59.2 Å². The van der Waals surface area contributed by atoms with Crippen molar-refractivity contribution in [2.45, 2.75) is 56.9 Å². The topological polar surface area (TPSA) is 84.5 Å². The zero-order valence-corrected chi connectivity index (χ0v) is 18.4. The van der Waals surface area contributed by atoms with Gasteiger partial charge in [-0.2, -0.15) is 0 Å². The molecule has 2 N–H and O–H groups in total. The highest BCUT2D eigenvalue weighted by molar-refractivity contribution is 7.92. The van der Waals surface area contributed by atoms with E-state index in [2.05, 4.69) is 17.0 Å². The first-order chi connectivity index (χ1) is 14.4. The van der Waals surface area contributed by atoms with Crippen LogP contribution in [0.1, 0.15) is 54.1 Å². The van der Waals surface area contributed by atoms with Gasteiger partial charge in [-0.1, -0.05) is 31.5 Å². The van der Waals surface area contributed by atoms with Gasteiger partial charge in [-0.15, -0.1) is 0 Å². The van der Waals surface area contributed by atoms with Crippen molar-refractivity contribution in [1.29, 1.82) is 0 Å². The zero-order valence-electron chi connectivity index (χ0n) is 17.6. The Balaban J connectivity index is 1.74. The number of ether oxygens (including phenoxy) is 1. The van der Waals surface area contributed by atoms with Crippen LogP contribution in [-0.4, -0.2) is 33.6 Å².